The van der Waals surface area contributed by atoms with E-state index in [1.54, 1.807) is 10.9 Å². The smallest absolute Gasteiger partial charge is 0.262 e. The van der Waals surface area contributed by atoms with Gasteiger partial charge in [0.2, 0.25) is 0 Å². The third-order valence-electron chi connectivity index (χ3n) is 5.75. The van der Waals surface area contributed by atoms with Crippen molar-refractivity contribution in [3.63, 3.8) is 0 Å². The fourth-order valence-corrected chi connectivity index (χ4v) is 4.72. The predicted octanol–water partition coefficient (Wildman–Crippen LogP) is 2.06. The Hall–Kier alpha value is -1.69. The zero-order chi connectivity index (χ0) is 16.0. The minimum atomic E-state index is -0.0802. The maximum Gasteiger partial charge on any atom is 0.262 e. The first kappa shape index (κ1) is 14.9. The van der Waals surface area contributed by atoms with Gasteiger partial charge in [-0.25, -0.2) is 4.98 Å². The van der Waals surface area contributed by atoms with Crippen LogP contribution in [-0.4, -0.2) is 37.2 Å². The Bertz CT molecular complexity index is 762. The first-order chi connectivity index (χ1) is 11.1. The molecule has 2 fully saturated rings. The summed E-state index contributed by atoms with van der Waals surface area (Å²) in [5.74, 6) is 2.32. The molecule has 3 heterocycles. The van der Waals surface area contributed by atoms with E-state index in [4.69, 9.17) is 0 Å². The number of rotatable bonds is 2. The maximum absolute atomic E-state index is 12.2. The van der Waals surface area contributed by atoms with Crippen LogP contribution in [0.2, 0.25) is 0 Å². The van der Waals surface area contributed by atoms with Crippen LogP contribution in [0.25, 0.3) is 11.0 Å². The molecule has 0 spiro atoms. The van der Waals surface area contributed by atoms with Crippen molar-refractivity contribution >= 4 is 11.0 Å². The Balaban J connectivity index is 1.64. The number of hydrogen-bond donors (Lipinski definition) is 1. The van der Waals surface area contributed by atoms with Crippen molar-refractivity contribution in [1.29, 1.82) is 0 Å². The normalized spacial score (nSPS) is 28.9. The van der Waals surface area contributed by atoms with Crippen LogP contribution in [-0.2, 0) is 13.6 Å². The van der Waals surface area contributed by atoms with Crippen LogP contribution < -0.4 is 5.56 Å². The lowest BCUT2D eigenvalue weighted by Crippen LogP contribution is -2.50. The Morgan fingerprint density at radius 2 is 2.13 bits per heavy atom. The molecule has 0 amide bonds. The third-order valence-corrected chi connectivity index (χ3v) is 5.75. The summed E-state index contributed by atoms with van der Waals surface area (Å²) in [7, 11) is 1.83. The third kappa shape index (κ3) is 2.59. The predicted molar refractivity (Wildman–Crippen MR) is 89.1 cm³/mol. The second-order valence-electron chi connectivity index (χ2n) is 7.29. The highest BCUT2D eigenvalue weighted by Gasteiger charge is 2.37. The molecule has 1 aliphatic heterocycles. The number of fused-ring (bicyclic) bond motifs is 2. The van der Waals surface area contributed by atoms with Crippen LogP contribution in [0, 0.1) is 11.8 Å². The molecule has 4 rings (SSSR count). The molecular weight excluding hydrogens is 290 g/mol. The van der Waals surface area contributed by atoms with E-state index < -0.39 is 0 Å². The van der Waals surface area contributed by atoms with Gasteiger partial charge in [0.15, 0.2) is 5.65 Å². The lowest BCUT2D eigenvalue weighted by atomic mass is 9.73. The number of likely N-dealkylation sites (tertiary alicyclic amines) is 1. The van der Waals surface area contributed by atoms with Gasteiger partial charge in [-0.15, -0.1) is 0 Å². The highest BCUT2D eigenvalue weighted by Crippen LogP contribution is 2.38. The Morgan fingerprint density at radius 1 is 1.30 bits per heavy atom. The van der Waals surface area contributed by atoms with Crippen molar-refractivity contribution < 1.29 is 0 Å². The van der Waals surface area contributed by atoms with E-state index in [9.17, 15) is 4.79 Å². The van der Waals surface area contributed by atoms with E-state index in [2.05, 4.69) is 26.9 Å². The van der Waals surface area contributed by atoms with Crippen LogP contribution in [0.3, 0.4) is 0 Å². The van der Waals surface area contributed by atoms with Gasteiger partial charge in [0, 0.05) is 13.1 Å². The van der Waals surface area contributed by atoms with E-state index >= 15 is 0 Å². The van der Waals surface area contributed by atoms with Crippen LogP contribution in [0.1, 0.15) is 44.9 Å². The molecular formula is C17H25N5O. The van der Waals surface area contributed by atoms with Crippen molar-refractivity contribution in [1.82, 2.24) is 24.6 Å². The molecule has 1 saturated heterocycles. The number of H-pyrrole nitrogens is 1. The molecule has 0 aromatic carbocycles. The Labute approximate surface area is 135 Å². The summed E-state index contributed by atoms with van der Waals surface area (Å²) in [5.41, 5.74) is 0.595. The summed E-state index contributed by atoms with van der Waals surface area (Å²) in [4.78, 5) is 22.4. The molecule has 1 saturated carbocycles. The van der Waals surface area contributed by atoms with Gasteiger partial charge in [-0.3, -0.25) is 14.4 Å². The van der Waals surface area contributed by atoms with Gasteiger partial charge in [0.25, 0.3) is 5.56 Å². The van der Waals surface area contributed by atoms with Gasteiger partial charge in [0.05, 0.1) is 12.7 Å². The van der Waals surface area contributed by atoms with Crippen molar-refractivity contribution in [3.8, 4) is 0 Å². The standard InChI is InChI=1S/C17H25N5O/c1-11-5-3-6-12-7-4-8-22(15(11)12)10-14-19-16-13(17(23)20-14)9-18-21(16)2/h9,11-12,15H,3-8,10H2,1-2H3,(H,19,20,23)/t11-,12-,15+/m1/s1. The minimum absolute atomic E-state index is 0.0802. The minimum Gasteiger partial charge on any atom is -0.309 e. The molecule has 1 N–H and O–H groups in total. The lowest BCUT2D eigenvalue weighted by Gasteiger charge is -2.47. The molecule has 2 aliphatic rings. The average Bonchev–Trinajstić information content (AvgIpc) is 2.90. The summed E-state index contributed by atoms with van der Waals surface area (Å²) in [6.45, 7) is 4.23. The molecule has 0 radical (unpaired) electrons. The molecule has 23 heavy (non-hydrogen) atoms. The van der Waals surface area contributed by atoms with Gasteiger partial charge in [0.1, 0.15) is 11.2 Å². The van der Waals surface area contributed by atoms with Crippen molar-refractivity contribution in [3.05, 3.63) is 22.4 Å². The monoisotopic (exact) mass is 315 g/mol. The number of aryl methyl sites for hydroxylation is 1. The number of piperidine rings is 1. The second kappa shape index (κ2) is 5.74. The van der Waals surface area contributed by atoms with E-state index in [1.165, 1.54) is 32.1 Å². The quantitative estimate of drug-likeness (QED) is 0.921. The van der Waals surface area contributed by atoms with Crippen molar-refractivity contribution in [2.45, 2.75) is 51.6 Å². The molecule has 3 atom stereocenters. The largest absolute Gasteiger partial charge is 0.309 e. The fraction of sp³-hybridized carbons (Fsp3) is 0.706. The van der Waals surface area contributed by atoms with Crippen LogP contribution in [0.4, 0.5) is 0 Å². The molecule has 0 unspecified atom stereocenters. The highest BCUT2D eigenvalue weighted by atomic mass is 16.1. The summed E-state index contributed by atoms with van der Waals surface area (Å²) >= 11 is 0. The van der Waals surface area contributed by atoms with E-state index in [-0.39, 0.29) is 5.56 Å². The molecule has 0 bridgehead atoms. The summed E-state index contributed by atoms with van der Waals surface area (Å²) < 4.78 is 1.68. The lowest BCUT2D eigenvalue weighted by molar-refractivity contribution is 0.0179. The summed E-state index contributed by atoms with van der Waals surface area (Å²) in [6.07, 6.45) is 8.25. The van der Waals surface area contributed by atoms with Gasteiger partial charge in [-0.2, -0.15) is 5.10 Å². The van der Waals surface area contributed by atoms with Crippen molar-refractivity contribution in [2.75, 3.05) is 6.54 Å². The van der Waals surface area contributed by atoms with Gasteiger partial charge >= 0.3 is 0 Å². The molecule has 2 aromatic heterocycles. The maximum atomic E-state index is 12.2. The van der Waals surface area contributed by atoms with Crippen LogP contribution in [0.15, 0.2) is 11.0 Å². The average molecular weight is 315 g/mol. The van der Waals surface area contributed by atoms with E-state index in [0.717, 1.165) is 30.7 Å². The first-order valence-electron chi connectivity index (χ1n) is 8.78. The number of nitrogens with zero attached hydrogens (tertiary/aromatic N) is 4. The summed E-state index contributed by atoms with van der Waals surface area (Å²) in [6, 6.07) is 0.644. The van der Waals surface area contributed by atoms with Gasteiger partial charge in [-0.05, 0) is 44.1 Å². The van der Waals surface area contributed by atoms with Crippen molar-refractivity contribution in [2.24, 2.45) is 18.9 Å². The fourth-order valence-electron chi connectivity index (χ4n) is 4.72. The Kier molecular flexibility index (Phi) is 3.71. The first-order valence-corrected chi connectivity index (χ1v) is 8.78. The van der Waals surface area contributed by atoms with Crippen LogP contribution >= 0.6 is 0 Å². The SMILES string of the molecule is C[C@@H]1CCC[C@@H]2CCCN(Cc3nc4c(cnn4C)c(=O)[nH]3)[C@H]21. The molecule has 1 aliphatic carbocycles. The Morgan fingerprint density at radius 3 is 3.00 bits per heavy atom. The molecule has 6 nitrogen and oxygen atoms in total. The summed E-state index contributed by atoms with van der Waals surface area (Å²) in [5, 5.41) is 4.71. The number of aromatic nitrogens is 4. The van der Waals surface area contributed by atoms with Crippen LogP contribution in [0.5, 0.6) is 0 Å². The zero-order valence-corrected chi connectivity index (χ0v) is 14.0. The topological polar surface area (TPSA) is 66.8 Å². The molecule has 2 aromatic rings. The number of aromatic amines is 1. The van der Waals surface area contributed by atoms with E-state index in [1.807, 2.05) is 7.05 Å². The zero-order valence-electron chi connectivity index (χ0n) is 14.0. The van der Waals surface area contributed by atoms with Gasteiger partial charge in [-0.1, -0.05) is 13.3 Å². The second-order valence-corrected chi connectivity index (χ2v) is 7.29. The number of hydrogen-bond acceptors (Lipinski definition) is 4. The van der Waals surface area contributed by atoms with E-state index in [0.29, 0.717) is 17.1 Å². The van der Waals surface area contributed by atoms with Gasteiger partial charge < -0.3 is 4.98 Å². The molecule has 6 heteroatoms. The molecule has 124 valence electrons. The number of nitrogens with one attached hydrogen (secondary N) is 1. The highest BCUT2D eigenvalue weighted by molar-refractivity contribution is 5.72.